The Morgan fingerprint density at radius 2 is 1.18 bits per heavy atom. The first-order valence-electron chi connectivity index (χ1n) is 15.3. The van der Waals surface area contributed by atoms with Gasteiger partial charge in [0.25, 0.3) is 0 Å². The Hall–Kier alpha value is -5.54. The molecule has 6 aromatic carbocycles. The normalized spacial score (nSPS) is 13.9. The maximum absolute atomic E-state index is 5.29. The van der Waals surface area contributed by atoms with Crippen molar-refractivity contribution < 1.29 is 0 Å². The smallest absolute Gasteiger partial charge is 0.165 e. The van der Waals surface area contributed by atoms with E-state index in [9.17, 15) is 0 Å². The van der Waals surface area contributed by atoms with Crippen LogP contribution in [0, 0.1) is 0 Å². The number of rotatable bonds is 1. The fourth-order valence-corrected chi connectivity index (χ4v) is 8.01. The fraction of sp³-hybridized carbons (Fsp3) is 0.0732. The minimum Gasteiger partial charge on any atom is -0.291 e. The van der Waals surface area contributed by atoms with Crippen LogP contribution in [0.15, 0.2) is 127 Å². The van der Waals surface area contributed by atoms with Crippen molar-refractivity contribution in [3.05, 3.63) is 139 Å². The zero-order chi connectivity index (χ0) is 29.2. The molecule has 0 saturated carbocycles. The Morgan fingerprint density at radius 3 is 2.05 bits per heavy atom. The summed E-state index contributed by atoms with van der Waals surface area (Å²) < 4.78 is 2.35. The van der Waals surface area contributed by atoms with Crippen LogP contribution in [0.1, 0.15) is 25.0 Å². The summed E-state index contributed by atoms with van der Waals surface area (Å²) in [7, 11) is 0. The molecule has 0 atom stereocenters. The highest BCUT2D eigenvalue weighted by molar-refractivity contribution is 6.17. The van der Waals surface area contributed by atoms with E-state index in [4.69, 9.17) is 9.97 Å². The average molecular weight is 562 g/mol. The van der Waals surface area contributed by atoms with Crippen molar-refractivity contribution in [2.75, 3.05) is 0 Å². The zero-order valence-electron chi connectivity index (χ0n) is 24.5. The monoisotopic (exact) mass is 561 g/mol. The molecule has 2 aromatic heterocycles. The summed E-state index contributed by atoms with van der Waals surface area (Å²) in [5, 5.41) is 2.46. The van der Waals surface area contributed by atoms with Crippen molar-refractivity contribution in [1.29, 1.82) is 0 Å². The van der Waals surface area contributed by atoms with Crippen molar-refractivity contribution in [2.45, 2.75) is 19.3 Å². The van der Waals surface area contributed by atoms with Gasteiger partial charge in [0.15, 0.2) is 5.82 Å². The van der Waals surface area contributed by atoms with Gasteiger partial charge in [-0.25, -0.2) is 9.97 Å². The summed E-state index contributed by atoms with van der Waals surface area (Å²) >= 11 is 0. The zero-order valence-corrected chi connectivity index (χ0v) is 24.5. The summed E-state index contributed by atoms with van der Waals surface area (Å²) in [4.78, 5) is 10.5. The maximum atomic E-state index is 5.29. The van der Waals surface area contributed by atoms with E-state index < -0.39 is 0 Å². The Morgan fingerprint density at radius 1 is 0.523 bits per heavy atom. The Bertz CT molecular complexity index is 2530. The molecule has 3 heteroatoms. The molecular formula is C41H27N3. The number of nitrogens with zero attached hydrogens (tertiary/aromatic N) is 3. The predicted molar refractivity (Wildman–Crippen MR) is 181 cm³/mol. The van der Waals surface area contributed by atoms with Crippen LogP contribution >= 0.6 is 0 Å². The first kappa shape index (κ1) is 24.0. The number of fused-ring (bicyclic) bond motifs is 12. The average Bonchev–Trinajstić information content (AvgIpc) is 3.48. The van der Waals surface area contributed by atoms with E-state index in [-0.39, 0.29) is 5.41 Å². The number of hydrogen-bond donors (Lipinski definition) is 0. The van der Waals surface area contributed by atoms with E-state index in [1.54, 1.807) is 0 Å². The summed E-state index contributed by atoms with van der Waals surface area (Å²) in [6.07, 6.45) is 0. The first-order valence-corrected chi connectivity index (χ1v) is 15.3. The molecule has 3 nitrogen and oxygen atoms in total. The summed E-state index contributed by atoms with van der Waals surface area (Å²) in [6, 6.07) is 46.2. The van der Waals surface area contributed by atoms with E-state index in [0.717, 1.165) is 33.6 Å². The molecule has 206 valence electrons. The summed E-state index contributed by atoms with van der Waals surface area (Å²) in [6.45, 7) is 4.72. The van der Waals surface area contributed by atoms with Gasteiger partial charge in [-0.2, -0.15) is 0 Å². The minimum absolute atomic E-state index is 0.0845. The largest absolute Gasteiger partial charge is 0.291 e. The van der Waals surface area contributed by atoms with Crippen molar-refractivity contribution >= 4 is 32.8 Å². The SMILES string of the molecule is CC1(C)c2ccccc2-c2cccc(-c3ccc4c(c3)c3cccc5c3n4-c3nc4ccccc4nc3-c3ccccc3-5)c21. The van der Waals surface area contributed by atoms with Gasteiger partial charge in [0.1, 0.15) is 5.69 Å². The van der Waals surface area contributed by atoms with Crippen LogP contribution in [0.4, 0.5) is 0 Å². The van der Waals surface area contributed by atoms with Crippen molar-refractivity contribution in [2.24, 2.45) is 0 Å². The lowest BCUT2D eigenvalue weighted by molar-refractivity contribution is 0.662. The van der Waals surface area contributed by atoms with Crippen LogP contribution in [0.25, 0.3) is 83.3 Å². The second kappa shape index (κ2) is 8.30. The second-order valence-corrected chi connectivity index (χ2v) is 12.6. The maximum Gasteiger partial charge on any atom is 0.165 e. The van der Waals surface area contributed by atoms with Crippen molar-refractivity contribution in [3.63, 3.8) is 0 Å². The molecule has 0 saturated heterocycles. The second-order valence-electron chi connectivity index (χ2n) is 12.6. The van der Waals surface area contributed by atoms with E-state index in [1.165, 1.54) is 60.8 Å². The lowest BCUT2D eigenvalue weighted by Gasteiger charge is -2.24. The first-order chi connectivity index (χ1) is 21.6. The van der Waals surface area contributed by atoms with Gasteiger partial charge in [-0.1, -0.05) is 117 Å². The van der Waals surface area contributed by atoms with Crippen LogP contribution in [0.2, 0.25) is 0 Å². The van der Waals surface area contributed by atoms with Crippen LogP contribution in [-0.4, -0.2) is 14.5 Å². The Labute approximate surface area is 255 Å². The third-order valence-electron chi connectivity index (χ3n) is 9.91. The van der Waals surface area contributed by atoms with Gasteiger partial charge in [-0.3, -0.25) is 4.57 Å². The van der Waals surface area contributed by atoms with Gasteiger partial charge in [-0.15, -0.1) is 0 Å². The summed E-state index contributed by atoms with van der Waals surface area (Å²) in [5.74, 6) is 0.881. The molecular weight excluding hydrogens is 534 g/mol. The molecule has 0 N–H and O–H groups in total. The molecule has 0 unspecified atom stereocenters. The van der Waals surface area contributed by atoms with Gasteiger partial charge >= 0.3 is 0 Å². The third kappa shape index (κ3) is 2.96. The number of para-hydroxylation sites is 3. The standard InChI is InChI=1S/C41H27N3/c1-41(2)33-18-6-5-12-27(33)28-15-9-14-25(37(28)41)24-21-22-36-32(23-24)31-17-10-16-30-26-11-3-4-13-29(26)38-40(44(36)39(30)31)43-35-20-8-7-19-34(35)42-38/h3-23H,1-2H3. The van der Waals surface area contributed by atoms with Crippen molar-refractivity contribution in [3.8, 4) is 50.5 Å². The molecule has 3 heterocycles. The van der Waals surface area contributed by atoms with E-state index in [0.29, 0.717) is 0 Å². The quantitative estimate of drug-likeness (QED) is 0.200. The van der Waals surface area contributed by atoms with E-state index in [1.807, 2.05) is 12.1 Å². The predicted octanol–water partition coefficient (Wildman–Crippen LogP) is 10.3. The molecule has 44 heavy (non-hydrogen) atoms. The van der Waals surface area contributed by atoms with Gasteiger partial charge < -0.3 is 0 Å². The molecule has 0 radical (unpaired) electrons. The highest BCUT2D eigenvalue weighted by Crippen LogP contribution is 2.53. The minimum atomic E-state index is -0.0845. The molecule has 1 aliphatic heterocycles. The van der Waals surface area contributed by atoms with Crippen LogP contribution < -0.4 is 0 Å². The Kier molecular flexibility index (Phi) is 4.52. The van der Waals surface area contributed by atoms with Crippen LogP contribution in [0.5, 0.6) is 0 Å². The van der Waals surface area contributed by atoms with Crippen LogP contribution in [0.3, 0.4) is 0 Å². The fourth-order valence-electron chi connectivity index (χ4n) is 8.01. The lowest BCUT2D eigenvalue weighted by atomic mass is 9.79. The number of benzene rings is 6. The molecule has 1 aliphatic carbocycles. The van der Waals surface area contributed by atoms with Gasteiger partial charge in [0.2, 0.25) is 0 Å². The number of aromatic nitrogens is 3. The summed E-state index contributed by atoms with van der Waals surface area (Å²) in [5.41, 5.74) is 16.5. The Balaban J connectivity index is 1.30. The lowest BCUT2D eigenvalue weighted by Crippen LogP contribution is -2.16. The van der Waals surface area contributed by atoms with Gasteiger partial charge in [0, 0.05) is 27.3 Å². The number of hydrogen-bond acceptors (Lipinski definition) is 2. The van der Waals surface area contributed by atoms with Crippen molar-refractivity contribution in [1.82, 2.24) is 14.5 Å². The molecule has 0 bridgehead atoms. The molecule has 8 aromatic rings. The molecule has 0 spiro atoms. The third-order valence-corrected chi connectivity index (χ3v) is 9.91. The van der Waals surface area contributed by atoms with Crippen LogP contribution in [-0.2, 0) is 5.41 Å². The molecule has 10 rings (SSSR count). The molecule has 0 fully saturated rings. The van der Waals surface area contributed by atoms with E-state index >= 15 is 0 Å². The molecule has 0 amide bonds. The molecule has 2 aliphatic rings. The topological polar surface area (TPSA) is 30.7 Å². The van der Waals surface area contributed by atoms with Gasteiger partial charge in [0.05, 0.1) is 22.1 Å². The highest BCUT2D eigenvalue weighted by Gasteiger charge is 2.37. The van der Waals surface area contributed by atoms with Gasteiger partial charge in [-0.05, 0) is 63.2 Å². The van der Waals surface area contributed by atoms with E-state index in [2.05, 4.69) is 134 Å². The highest BCUT2D eigenvalue weighted by atomic mass is 15.1.